The topological polar surface area (TPSA) is 76.4 Å². The molecule has 0 radical (unpaired) electrons. The van der Waals surface area contributed by atoms with E-state index in [2.05, 4.69) is 37.2 Å². The molecule has 0 spiro atoms. The smallest absolute Gasteiger partial charge is 0.274 e. The zero-order valence-corrected chi connectivity index (χ0v) is 12.5. The Labute approximate surface area is 120 Å². The minimum absolute atomic E-state index is 0.0446. The molecule has 94 valence electrons. The summed E-state index contributed by atoms with van der Waals surface area (Å²) in [6, 6.07) is 3.38. The summed E-state index contributed by atoms with van der Waals surface area (Å²) in [4.78, 5) is 13.1. The van der Waals surface area contributed by atoms with Crippen LogP contribution in [0.15, 0.2) is 26.8 Å². The van der Waals surface area contributed by atoms with Crippen LogP contribution in [0.3, 0.4) is 0 Å². The van der Waals surface area contributed by atoms with Gasteiger partial charge in [-0.1, -0.05) is 0 Å². The number of nitrogens with one attached hydrogen (secondary N) is 2. The number of hydrogen-bond donors (Lipinski definition) is 3. The number of aromatic hydroxyl groups is 1. The van der Waals surface area contributed by atoms with Crippen molar-refractivity contribution in [3.05, 3.63) is 32.3 Å². The summed E-state index contributed by atoms with van der Waals surface area (Å²) in [6.45, 7) is 0. The van der Waals surface area contributed by atoms with Gasteiger partial charge in [0.05, 0.1) is 8.95 Å². The fourth-order valence-corrected chi connectivity index (χ4v) is 2.74. The fraction of sp³-hybridized carbons (Fsp3) is 0.0909. The number of hydrogen-bond acceptors (Lipinski definition) is 3. The molecule has 0 aromatic heterocycles. The second-order valence-electron chi connectivity index (χ2n) is 3.72. The number of carbonyl (C=O) groups is 1. The Morgan fingerprint density at radius 3 is 2.39 bits per heavy atom. The molecule has 2 rings (SSSR count). The molecular formula is C11H9Br2N3O2. The average molecular weight is 375 g/mol. The van der Waals surface area contributed by atoms with Gasteiger partial charge in [0.1, 0.15) is 11.4 Å². The van der Waals surface area contributed by atoms with Crippen molar-refractivity contribution < 1.29 is 9.90 Å². The molecule has 1 amide bonds. The van der Waals surface area contributed by atoms with E-state index in [1.54, 1.807) is 25.3 Å². The molecule has 1 aromatic carbocycles. The molecular weight excluding hydrogens is 366 g/mol. The van der Waals surface area contributed by atoms with Gasteiger partial charge in [-0.3, -0.25) is 15.5 Å². The van der Waals surface area contributed by atoms with Gasteiger partial charge in [0.2, 0.25) is 5.96 Å². The Bertz CT molecular complexity index is 561. The van der Waals surface area contributed by atoms with E-state index < -0.39 is 0 Å². The van der Waals surface area contributed by atoms with Crippen LogP contribution >= 0.6 is 31.9 Å². The van der Waals surface area contributed by atoms with Gasteiger partial charge in [-0.05, 0) is 55.6 Å². The molecule has 0 atom stereocenters. The molecule has 0 saturated carbocycles. The first-order valence-corrected chi connectivity index (χ1v) is 6.52. The molecule has 1 heterocycles. The van der Waals surface area contributed by atoms with E-state index in [9.17, 15) is 9.90 Å². The average Bonchev–Trinajstić information content (AvgIpc) is 2.53. The zero-order chi connectivity index (χ0) is 13.4. The summed E-state index contributed by atoms with van der Waals surface area (Å²) < 4.78 is 1.06. The third-order valence-electron chi connectivity index (χ3n) is 2.50. The number of likely N-dealkylation sites (N-methyl/N-ethyl adjacent to an activating group) is 1. The van der Waals surface area contributed by atoms with Gasteiger partial charge >= 0.3 is 0 Å². The number of halogens is 2. The molecule has 3 N–H and O–H groups in total. The normalized spacial score (nSPS) is 17.5. The van der Waals surface area contributed by atoms with Crippen LogP contribution < -0.4 is 5.32 Å². The number of nitrogens with zero attached hydrogens (tertiary/aromatic N) is 1. The minimum Gasteiger partial charge on any atom is -0.506 e. The van der Waals surface area contributed by atoms with E-state index in [1.165, 1.54) is 4.90 Å². The lowest BCUT2D eigenvalue weighted by Gasteiger charge is -2.09. The highest BCUT2D eigenvalue weighted by molar-refractivity contribution is 9.11. The van der Waals surface area contributed by atoms with Crippen LogP contribution in [0, 0.1) is 5.41 Å². The van der Waals surface area contributed by atoms with E-state index in [4.69, 9.17) is 5.41 Å². The molecule has 1 fully saturated rings. The second kappa shape index (κ2) is 4.74. The molecule has 1 aliphatic heterocycles. The second-order valence-corrected chi connectivity index (χ2v) is 5.43. The molecule has 0 aliphatic carbocycles. The Kier molecular flexibility index (Phi) is 3.45. The van der Waals surface area contributed by atoms with Crippen LogP contribution in [0.4, 0.5) is 0 Å². The van der Waals surface area contributed by atoms with Gasteiger partial charge in [0, 0.05) is 7.05 Å². The van der Waals surface area contributed by atoms with Crippen LogP contribution in [-0.4, -0.2) is 28.9 Å². The van der Waals surface area contributed by atoms with Crippen LogP contribution in [0.5, 0.6) is 5.75 Å². The van der Waals surface area contributed by atoms with Crippen molar-refractivity contribution in [2.75, 3.05) is 7.05 Å². The number of phenolic OH excluding ortho intramolecular Hbond substituents is 1. The fourth-order valence-electron chi connectivity index (χ4n) is 1.52. The monoisotopic (exact) mass is 373 g/mol. The van der Waals surface area contributed by atoms with Gasteiger partial charge in [-0.25, -0.2) is 0 Å². The van der Waals surface area contributed by atoms with Crippen molar-refractivity contribution in [2.45, 2.75) is 0 Å². The highest BCUT2D eigenvalue weighted by Gasteiger charge is 2.26. The van der Waals surface area contributed by atoms with Gasteiger partial charge < -0.3 is 10.0 Å². The molecule has 0 bridgehead atoms. The number of amides is 1. The van der Waals surface area contributed by atoms with E-state index in [0.29, 0.717) is 14.6 Å². The molecule has 1 saturated heterocycles. The van der Waals surface area contributed by atoms with Crippen molar-refractivity contribution in [1.29, 1.82) is 5.41 Å². The third-order valence-corrected chi connectivity index (χ3v) is 3.71. The molecule has 1 aliphatic rings. The van der Waals surface area contributed by atoms with Crippen LogP contribution in [-0.2, 0) is 4.79 Å². The zero-order valence-electron chi connectivity index (χ0n) is 9.29. The Hall–Kier alpha value is -1.34. The van der Waals surface area contributed by atoms with Gasteiger partial charge in [0.25, 0.3) is 5.91 Å². The molecule has 7 heteroatoms. The Morgan fingerprint density at radius 2 is 1.94 bits per heavy atom. The van der Waals surface area contributed by atoms with Crippen molar-refractivity contribution in [3.8, 4) is 5.75 Å². The number of phenols is 1. The molecule has 1 aromatic rings. The molecule has 0 unspecified atom stereocenters. The standard InChI is InChI=1S/C11H9Br2N3O2/c1-16-8(10(18)15-11(16)14)4-5-2-6(12)9(17)7(13)3-5/h2-4,17H,1H3,(H2,14,15,18)/b8-4-. The lowest BCUT2D eigenvalue weighted by Crippen LogP contribution is -2.25. The van der Waals surface area contributed by atoms with Crippen LogP contribution in [0.2, 0.25) is 0 Å². The minimum atomic E-state index is -0.317. The maximum Gasteiger partial charge on any atom is 0.274 e. The maximum absolute atomic E-state index is 11.6. The summed E-state index contributed by atoms with van der Waals surface area (Å²) in [7, 11) is 1.64. The number of benzene rings is 1. The van der Waals surface area contributed by atoms with Gasteiger partial charge in [-0.2, -0.15) is 0 Å². The lowest BCUT2D eigenvalue weighted by atomic mass is 10.2. The molecule has 5 nitrogen and oxygen atoms in total. The Morgan fingerprint density at radius 1 is 1.39 bits per heavy atom. The third kappa shape index (κ3) is 2.28. The van der Waals surface area contributed by atoms with Gasteiger partial charge in [-0.15, -0.1) is 0 Å². The van der Waals surface area contributed by atoms with Gasteiger partial charge in [0.15, 0.2) is 0 Å². The van der Waals surface area contributed by atoms with Crippen molar-refractivity contribution >= 4 is 49.8 Å². The summed E-state index contributed by atoms with van der Waals surface area (Å²) in [5.41, 5.74) is 1.11. The predicted octanol–water partition coefficient (Wildman–Crippen LogP) is 2.25. The quantitative estimate of drug-likeness (QED) is 0.660. The Balaban J connectivity index is 2.45. The first-order chi connectivity index (χ1) is 8.40. The van der Waals surface area contributed by atoms with E-state index in [0.717, 1.165) is 5.56 Å². The first kappa shape index (κ1) is 13.1. The summed E-state index contributed by atoms with van der Waals surface area (Å²) in [5, 5.41) is 19.5. The lowest BCUT2D eigenvalue weighted by molar-refractivity contribution is -0.115. The maximum atomic E-state index is 11.6. The van der Waals surface area contributed by atoms with E-state index in [1.807, 2.05) is 0 Å². The van der Waals surface area contributed by atoms with Crippen molar-refractivity contribution in [3.63, 3.8) is 0 Å². The van der Waals surface area contributed by atoms with E-state index >= 15 is 0 Å². The number of carbonyl (C=O) groups excluding carboxylic acids is 1. The number of rotatable bonds is 1. The van der Waals surface area contributed by atoms with E-state index in [-0.39, 0.29) is 17.6 Å². The SMILES string of the molecule is CN1C(=N)NC(=O)/C1=C/c1cc(Br)c(O)c(Br)c1. The molecule has 18 heavy (non-hydrogen) atoms. The number of guanidine groups is 1. The first-order valence-electron chi connectivity index (χ1n) is 4.93. The highest BCUT2D eigenvalue weighted by atomic mass is 79.9. The highest BCUT2D eigenvalue weighted by Crippen LogP contribution is 2.34. The summed E-state index contributed by atoms with van der Waals surface area (Å²) in [5.74, 6) is -0.167. The summed E-state index contributed by atoms with van der Waals surface area (Å²) >= 11 is 6.45. The predicted molar refractivity (Wildman–Crippen MR) is 75.1 cm³/mol. The van der Waals surface area contributed by atoms with Crippen LogP contribution in [0.25, 0.3) is 6.08 Å². The largest absolute Gasteiger partial charge is 0.506 e. The summed E-state index contributed by atoms with van der Waals surface area (Å²) in [6.07, 6.45) is 1.64. The van der Waals surface area contributed by atoms with Crippen LogP contribution in [0.1, 0.15) is 5.56 Å². The van der Waals surface area contributed by atoms with Crippen molar-refractivity contribution in [1.82, 2.24) is 10.2 Å². The van der Waals surface area contributed by atoms with Crippen molar-refractivity contribution in [2.24, 2.45) is 0 Å².